The van der Waals surface area contributed by atoms with Gasteiger partial charge in [-0.2, -0.15) is 0 Å². The van der Waals surface area contributed by atoms with Gasteiger partial charge in [-0.25, -0.2) is 0 Å². The summed E-state index contributed by atoms with van der Waals surface area (Å²) in [4.78, 5) is 7.64. The van der Waals surface area contributed by atoms with Crippen molar-refractivity contribution in [2.45, 2.75) is 39.5 Å². The normalized spacial score (nSPS) is 11.9. The summed E-state index contributed by atoms with van der Waals surface area (Å²) in [5, 5.41) is 8.07. The Bertz CT molecular complexity index is 663. The summed E-state index contributed by atoms with van der Waals surface area (Å²) >= 11 is 0. The zero-order valence-electron chi connectivity index (χ0n) is 15.8. The largest absolute Gasteiger partial charge is 0.381 e. The van der Waals surface area contributed by atoms with Gasteiger partial charge in [-0.1, -0.05) is 25.5 Å². The average molecular weight is 345 g/mol. The molecular weight excluding hydrogens is 312 g/mol. The molecule has 0 aliphatic heterocycles. The first-order valence-corrected chi connectivity index (χ1v) is 9.34. The van der Waals surface area contributed by atoms with Crippen molar-refractivity contribution >= 4 is 16.9 Å². The Morgan fingerprint density at radius 1 is 1.16 bits per heavy atom. The van der Waals surface area contributed by atoms with E-state index in [1.807, 2.05) is 7.05 Å². The number of unbranched alkanes of at least 4 members (excludes halogenated alkanes) is 1. The van der Waals surface area contributed by atoms with E-state index >= 15 is 0 Å². The number of H-pyrrole nitrogens is 1. The second-order valence-corrected chi connectivity index (χ2v) is 6.31. The molecule has 5 nitrogen and oxygen atoms in total. The Kier molecular flexibility index (Phi) is 8.32. The van der Waals surface area contributed by atoms with Gasteiger partial charge in [0.05, 0.1) is 0 Å². The highest BCUT2D eigenvalue weighted by atomic mass is 16.5. The van der Waals surface area contributed by atoms with E-state index in [9.17, 15) is 0 Å². The maximum atomic E-state index is 5.57. The van der Waals surface area contributed by atoms with Crippen LogP contribution in [0.4, 0.5) is 0 Å². The van der Waals surface area contributed by atoms with Gasteiger partial charge in [0.2, 0.25) is 0 Å². The van der Waals surface area contributed by atoms with Gasteiger partial charge in [0, 0.05) is 50.5 Å². The predicted octanol–water partition coefficient (Wildman–Crippen LogP) is 3.39. The Morgan fingerprint density at radius 2 is 1.96 bits per heavy atom. The van der Waals surface area contributed by atoms with Crippen LogP contribution in [-0.4, -0.2) is 44.3 Å². The van der Waals surface area contributed by atoms with E-state index in [4.69, 9.17) is 4.74 Å². The van der Waals surface area contributed by atoms with Crippen molar-refractivity contribution in [1.29, 1.82) is 0 Å². The molecule has 0 saturated carbocycles. The molecule has 1 heterocycles. The topological polar surface area (TPSA) is 61.4 Å². The third kappa shape index (κ3) is 6.09. The number of hydrogen-bond acceptors (Lipinski definition) is 2. The first kappa shape index (κ1) is 19.3. The molecule has 0 amide bonds. The van der Waals surface area contributed by atoms with Gasteiger partial charge in [-0.05, 0) is 43.4 Å². The van der Waals surface area contributed by atoms with E-state index < -0.39 is 0 Å². The Balaban J connectivity index is 1.69. The Labute approximate surface area is 151 Å². The number of aliphatic imine (C=N–C) groups is 1. The van der Waals surface area contributed by atoms with E-state index in [0.717, 1.165) is 51.5 Å². The molecule has 0 aliphatic carbocycles. The molecule has 0 unspecified atom stereocenters. The number of aryl methyl sites for hydroxylation is 1. The van der Waals surface area contributed by atoms with Crippen LogP contribution in [0, 0.1) is 6.92 Å². The SMILES string of the molecule is CCCCOCCCNC(=NC)NCCc1c[nH]c2cccc(C)c12. The van der Waals surface area contributed by atoms with Crippen LogP contribution in [0.15, 0.2) is 29.4 Å². The van der Waals surface area contributed by atoms with Gasteiger partial charge in [0.15, 0.2) is 5.96 Å². The fourth-order valence-electron chi connectivity index (χ4n) is 2.91. The quantitative estimate of drug-likeness (QED) is 0.352. The molecular formula is C20H32N4O. The number of nitrogens with one attached hydrogen (secondary N) is 3. The van der Waals surface area contributed by atoms with E-state index in [1.54, 1.807) is 0 Å². The third-order valence-corrected chi connectivity index (χ3v) is 4.31. The van der Waals surface area contributed by atoms with Gasteiger partial charge < -0.3 is 20.4 Å². The minimum absolute atomic E-state index is 0.804. The van der Waals surface area contributed by atoms with Crippen LogP contribution in [0.25, 0.3) is 10.9 Å². The molecule has 2 aromatic rings. The van der Waals surface area contributed by atoms with Crippen LogP contribution >= 0.6 is 0 Å². The summed E-state index contributed by atoms with van der Waals surface area (Å²) in [7, 11) is 1.81. The number of ether oxygens (including phenoxy) is 1. The lowest BCUT2D eigenvalue weighted by Gasteiger charge is -2.12. The van der Waals surface area contributed by atoms with Gasteiger partial charge in [-0.15, -0.1) is 0 Å². The van der Waals surface area contributed by atoms with Gasteiger partial charge in [0.1, 0.15) is 0 Å². The van der Waals surface area contributed by atoms with Crippen LogP contribution in [0.2, 0.25) is 0 Å². The number of aromatic amines is 1. The highest BCUT2D eigenvalue weighted by Crippen LogP contribution is 2.22. The van der Waals surface area contributed by atoms with E-state index in [1.165, 1.54) is 28.5 Å². The van der Waals surface area contributed by atoms with Crippen molar-refractivity contribution in [1.82, 2.24) is 15.6 Å². The van der Waals surface area contributed by atoms with Crippen molar-refractivity contribution in [2.24, 2.45) is 4.99 Å². The molecule has 3 N–H and O–H groups in total. The van der Waals surface area contributed by atoms with Gasteiger partial charge in [0.25, 0.3) is 0 Å². The zero-order chi connectivity index (χ0) is 17.9. The number of hydrogen-bond donors (Lipinski definition) is 3. The molecule has 138 valence electrons. The third-order valence-electron chi connectivity index (χ3n) is 4.31. The van der Waals surface area contributed by atoms with Crippen molar-refractivity contribution in [3.05, 3.63) is 35.5 Å². The van der Waals surface area contributed by atoms with E-state index in [2.05, 4.69) is 58.9 Å². The lowest BCUT2D eigenvalue weighted by Crippen LogP contribution is -2.39. The number of rotatable bonds is 10. The fourth-order valence-corrected chi connectivity index (χ4v) is 2.91. The highest BCUT2D eigenvalue weighted by molar-refractivity contribution is 5.86. The van der Waals surface area contributed by atoms with Crippen LogP contribution in [-0.2, 0) is 11.2 Å². The lowest BCUT2D eigenvalue weighted by atomic mass is 10.1. The Morgan fingerprint density at radius 3 is 2.76 bits per heavy atom. The first-order chi connectivity index (χ1) is 12.3. The molecule has 0 bridgehead atoms. The molecule has 0 radical (unpaired) electrons. The number of aromatic nitrogens is 1. The number of nitrogens with zero attached hydrogens (tertiary/aromatic N) is 1. The first-order valence-electron chi connectivity index (χ1n) is 9.34. The lowest BCUT2D eigenvalue weighted by molar-refractivity contribution is 0.129. The second kappa shape index (κ2) is 10.8. The monoisotopic (exact) mass is 344 g/mol. The fraction of sp³-hybridized carbons (Fsp3) is 0.550. The predicted molar refractivity (Wildman–Crippen MR) is 106 cm³/mol. The van der Waals surface area contributed by atoms with Crippen molar-refractivity contribution in [3.63, 3.8) is 0 Å². The maximum absolute atomic E-state index is 5.57. The minimum atomic E-state index is 0.804. The molecule has 0 fully saturated rings. The summed E-state index contributed by atoms with van der Waals surface area (Å²) in [6, 6.07) is 6.38. The average Bonchev–Trinajstić information content (AvgIpc) is 3.04. The van der Waals surface area contributed by atoms with Crippen LogP contribution in [0.1, 0.15) is 37.3 Å². The van der Waals surface area contributed by atoms with Gasteiger partial charge >= 0.3 is 0 Å². The van der Waals surface area contributed by atoms with Crippen molar-refractivity contribution in [2.75, 3.05) is 33.4 Å². The number of fused-ring (bicyclic) bond motifs is 1. The van der Waals surface area contributed by atoms with Crippen LogP contribution in [0.5, 0.6) is 0 Å². The molecule has 2 rings (SSSR count). The summed E-state index contributed by atoms with van der Waals surface area (Å²) in [6.45, 7) is 7.74. The smallest absolute Gasteiger partial charge is 0.190 e. The molecule has 1 aromatic heterocycles. The second-order valence-electron chi connectivity index (χ2n) is 6.31. The zero-order valence-corrected chi connectivity index (χ0v) is 15.8. The van der Waals surface area contributed by atoms with Crippen molar-refractivity contribution in [3.8, 4) is 0 Å². The van der Waals surface area contributed by atoms with Crippen molar-refractivity contribution < 1.29 is 4.74 Å². The number of benzene rings is 1. The molecule has 5 heteroatoms. The summed E-state index contributed by atoms with van der Waals surface area (Å²) in [6.07, 6.45) is 6.40. The van der Waals surface area contributed by atoms with E-state index in [-0.39, 0.29) is 0 Å². The standard InChI is InChI=1S/C20H32N4O/c1-4-5-13-25-14-7-11-22-20(21-3)23-12-10-17-15-24-18-9-6-8-16(2)19(17)18/h6,8-9,15,24H,4-5,7,10-14H2,1-3H3,(H2,21,22,23). The number of guanidine groups is 1. The van der Waals surface area contributed by atoms with Gasteiger partial charge in [-0.3, -0.25) is 4.99 Å². The van der Waals surface area contributed by atoms with E-state index in [0.29, 0.717) is 0 Å². The Hall–Kier alpha value is -2.01. The molecule has 1 aromatic carbocycles. The molecule has 0 spiro atoms. The summed E-state index contributed by atoms with van der Waals surface area (Å²) in [5.41, 5.74) is 3.88. The minimum Gasteiger partial charge on any atom is -0.381 e. The van der Waals surface area contributed by atoms with Crippen LogP contribution < -0.4 is 10.6 Å². The maximum Gasteiger partial charge on any atom is 0.190 e. The molecule has 25 heavy (non-hydrogen) atoms. The molecule has 0 saturated heterocycles. The molecule has 0 aliphatic rings. The summed E-state index contributed by atoms with van der Waals surface area (Å²) in [5.74, 6) is 0.852. The van der Waals surface area contributed by atoms with Crippen LogP contribution in [0.3, 0.4) is 0 Å². The summed E-state index contributed by atoms with van der Waals surface area (Å²) < 4.78 is 5.57. The highest BCUT2D eigenvalue weighted by Gasteiger charge is 2.06. The molecule has 0 atom stereocenters.